The molecule has 6 nitrogen and oxygen atoms in total. The monoisotopic (exact) mass is 360 g/mol. The lowest BCUT2D eigenvalue weighted by molar-refractivity contribution is -0.115. The molecule has 0 bridgehead atoms. The first-order valence-electron chi connectivity index (χ1n) is 7.84. The number of amides is 2. The van der Waals surface area contributed by atoms with E-state index in [1.54, 1.807) is 67.6 Å². The highest BCUT2D eigenvalue weighted by atomic mass is 32.2. The van der Waals surface area contributed by atoms with Crippen molar-refractivity contribution in [3.05, 3.63) is 60.7 Å². The van der Waals surface area contributed by atoms with E-state index in [2.05, 4.69) is 10.6 Å². The minimum absolute atomic E-state index is 0.0830. The molecule has 7 heteroatoms. The molecule has 0 aliphatic rings. The minimum Gasteiger partial charge on any atom is -0.325 e. The molecule has 1 unspecified atom stereocenters. The van der Waals surface area contributed by atoms with Gasteiger partial charge in [0.25, 0.3) is 0 Å². The van der Waals surface area contributed by atoms with Crippen LogP contribution in [0, 0.1) is 0 Å². The number of hydrogen-bond donors (Lipinski definition) is 2. The van der Waals surface area contributed by atoms with E-state index in [1.165, 1.54) is 0 Å². The third kappa shape index (κ3) is 5.42. The number of nitrogens with one attached hydrogen (secondary N) is 2. The molecule has 0 radical (unpaired) electrons. The van der Waals surface area contributed by atoms with Gasteiger partial charge in [-0.1, -0.05) is 43.3 Å². The van der Waals surface area contributed by atoms with Gasteiger partial charge in [0.1, 0.15) is 11.0 Å². The van der Waals surface area contributed by atoms with Crippen LogP contribution in [0.4, 0.5) is 11.4 Å². The summed E-state index contributed by atoms with van der Waals surface area (Å²) in [7, 11) is -3.94. The number of sulfone groups is 1. The molecule has 0 aromatic heterocycles. The predicted octanol–water partition coefficient (Wildman–Crippen LogP) is 2.46. The molecule has 2 aromatic rings. The van der Waals surface area contributed by atoms with E-state index in [9.17, 15) is 18.0 Å². The Morgan fingerprint density at radius 1 is 0.880 bits per heavy atom. The summed E-state index contributed by atoms with van der Waals surface area (Å²) in [6.07, 6.45) is 0.0830. The molecule has 0 spiro atoms. The Kier molecular flexibility index (Phi) is 6.30. The quantitative estimate of drug-likeness (QED) is 0.793. The van der Waals surface area contributed by atoms with Crippen molar-refractivity contribution in [2.45, 2.75) is 18.6 Å². The highest BCUT2D eigenvalue weighted by Crippen LogP contribution is 2.13. The van der Waals surface area contributed by atoms with Crippen molar-refractivity contribution in [2.75, 3.05) is 16.4 Å². The van der Waals surface area contributed by atoms with Gasteiger partial charge in [-0.05, 0) is 30.7 Å². The largest absolute Gasteiger partial charge is 0.325 e. The Morgan fingerprint density at radius 3 is 1.84 bits per heavy atom. The van der Waals surface area contributed by atoms with Crippen molar-refractivity contribution in [2.24, 2.45) is 0 Å². The first-order chi connectivity index (χ1) is 11.9. The molecule has 0 saturated carbocycles. The van der Waals surface area contributed by atoms with Crippen LogP contribution in [0.2, 0.25) is 0 Å². The van der Waals surface area contributed by atoms with Gasteiger partial charge in [0.2, 0.25) is 11.8 Å². The van der Waals surface area contributed by atoms with Crippen molar-refractivity contribution in [3.8, 4) is 0 Å². The maximum atomic E-state index is 12.5. The van der Waals surface area contributed by atoms with Gasteiger partial charge in [0.15, 0.2) is 9.84 Å². The molecule has 1 atom stereocenters. The van der Waals surface area contributed by atoms with Crippen LogP contribution in [0.25, 0.3) is 0 Å². The highest BCUT2D eigenvalue weighted by molar-refractivity contribution is 7.93. The van der Waals surface area contributed by atoms with Gasteiger partial charge in [0.05, 0.1) is 0 Å². The average Bonchev–Trinajstić information content (AvgIpc) is 2.56. The maximum absolute atomic E-state index is 12.5. The summed E-state index contributed by atoms with van der Waals surface area (Å²) >= 11 is 0. The standard InChI is InChI=1S/C18H20N2O4S/c1-2-16(18(22)20-15-11-7-4-8-12-15)25(23,24)13-17(21)19-14-9-5-3-6-10-14/h3-12,16H,2,13H2,1H3,(H,19,21)(H,20,22). The first kappa shape index (κ1) is 18.7. The van der Waals surface area contributed by atoms with Crippen LogP contribution in [0.1, 0.15) is 13.3 Å². The Morgan fingerprint density at radius 2 is 1.36 bits per heavy atom. The summed E-state index contributed by atoms with van der Waals surface area (Å²) in [6.45, 7) is 1.60. The van der Waals surface area contributed by atoms with E-state index in [0.29, 0.717) is 11.4 Å². The zero-order chi connectivity index (χ0) is 18.3. The number of carbonyl (C=O) groups is 2. The molecule has 2 N–H and O–H groups in total. The molecule has 0 aliphatic heterocycles. The van der Waals surface area contributed by atoms with E-state index in [0.717, 1.165) is 0 Å². The molecule has 0 heterocycles. The molecule has 2 aromatic carbocycles. The second-order valence-corrected chi connectivity index (χ2v) is 7.66. The van der Waals surface area contributed by atoms with Crippen LogP contribution in [-0.2, 0) is 19.4 Å². The van der Waals surface area contributed by atoms with Crippen molar-refractivity contribution >= 4 is 33.0 Å². The fourth-order valence-electron chi connectivity index (χ4n) is 2.35. The molecule has 0 saturated heterocycles. The van der Waals surface area contributed by atoms with Gasteiger partial charge < -0.3 is 10.6 Å². The molecular formula is C18H20N2O4S. The van der Waals surface area contributed by atoms with Crippen LogP contribution in [0.15, 0.2) is 60.7 Å². The molecule has 2 amide bonds. The van der Waals surface area contributed by atoms with Gasteiger partial charge >= 0.3 is 0 Å². The number of para-hydroxylation sites is 2. The predicted molar refractivity (Wildman–Crippen MR) is 98.0 cm³/mol. The Hall–Kier alpha value is -2.67. The van der Waals surface area contributed by atoms with E-state index in [1.807, 2.05) is 0 Å². The van der Waals surface area contributed by atoms with Gasteiger partial charge in [0, 0.05) is 11.4 Å². The van der Waals surface area contributed by atoms with Crippen LogP contribution in [0.3, 0.4) is 0 Å². The van der Waals surface area contributed by atoms with Crippen LogP contribution >= 0.6 is 0 Å². The molecule has 0 fully saturated rings. The molecule has 0 aliphatic carbocycles. The Bertz CT molecular complexity index is 821. The maximum Gasteiger partial charge on any atom is 0.242 e. The fourth-order valence-corrected chi connectivity index (χ4v) is 3.88. The SMILES string of the molecule is CCC(C(=O)Nc1ccccc1)S(=O)(=O)CC(=O)Nc1ccccc1. The Labute approximate surface area is 147 Å². The van der Waals surface area contributed by atoms with E-state index in [4.69, 9.17) is 0 Å². The number of carbonyl (C=O) groups excluding carboxylic acids is 2. The molecule has 2 rings (SSSR count). The minimum atomic E-state index is -3.94. The third-order valence-corrected chi connectivity index (χ3v) is 5.61. The number of benzene rings is 2. The van der Waals surface area contributed by atoms with Crippen molar-refractivity contribution in [1.82, 2.24) is 0 Å². The highest BCUT2D eigenvalue weighted by Gasteiger charge is 2.33. The van der Waals surface area contributed by atoms with E-state index >= 15 is 0 Å². The van der Waals surface area contributed by atoms with Gasteiger partial charge in [-0.3, -0.25) is 9.59 Å². The lowest BCUT2D eigenvalue weighted by atomic mass is 10.3. The number of anilines is 2. The first-order valence-corrected chi connectivity index (χ1v) is 9.56. The smallest absolute Gasteiger partial charge is 0.242 e. The van der Waals surface area contributed by atoms with Crippen molar-refractivity contribution in [3.63, 3.8) is 0 Å². The van der Waals surface area contributed by atoms with Crippen LogP contribution in [0.5, 0.6) is 0 Å². The fraction of sp³-hybridized carbons (Fsp3) is 0.222. The second-order valence-electron chi connectivity index (χ2n) is 5.47. The summed E-state index contributed by atoms with van der Waals surface area (Å²) in [5, 5.41) is 3.80. The van der Waals surface area contributed by atoms with Crippen molar-refractivity contribution < 1.29 is 18.0 Å². The lowest BCUT2D eigenvalue weighted by Crippen LogP contribution is -2.39. The van der Waals surface area contributed by atoms with Gasteiger partial charge in [-0.25, -0.2) is 8.42 Å². The topological polar surface area (TPSA) is 92.3 Å². The number of rotatable bonds is 7. The summed E-state index contributed by atoms with van der Waals surface area (Å²) in [5.41, 5.74) is 1.01. The second kappa shape index (κ2) is 8.43. The number of hydrogen-bond acceptors (Lipinski definition) is 4. The molecular weight excluding hydrogens is 340 g/mol. The van der Waals surface area contributed by atoms with Gasteiger partial charge in [-0.15, -0.1) is 0 Å². The van der Waals surface area contributed by atoms with Crippen LogP contribution in [-0.4, -0.2) is 31.2 Å². The summed E-state index contributed by atoms with van der Waals surface area (Å²) < 4.78 is 24.9. The average molecular weight is 360 g/mol. The van der Waals surface area contributed by atoms with Crippen molar-refractivity contribution in [1.29, 1.82) is 0 Å². The zero-order valence-electron chi connectivity index (χ0n) is 13.8. The lowest BCUT2D eigenvalue weighted by Gasteiger charge is -2.16. The summed E-state index contributed by atoms with van der Waals surface area (Å²) in [6, 6.07) is 17.1. The van der Waals surface area contributed by atoms with Crippen LogP contribution < -0.4 is 10.6 Å². The third-order valence-electron chi connectivity index (χ3n) is 3.53. The summed E-state index contributed by atoms with van der Waals surface area (Å²) in [4.78, 5) is 24.3. The normalized spacial score (nSPS) is 12.2. The molecule has 132 valence electrons. The summed E-state index contributed by atoms with van der Waals surface area (Å²) in [5.74, 6) is -2.05. The Balaban J connectivity index is 2.04. The van der Waals surface area contributed by atoms with Gasteiger partial charge in [-0.2, -0.15) is 0 Å². The molecule has 25 heavy (non-hydrogen) atoms. The van der Waals surface area contributed by atoms with E-state index in [-0.39, 0.29) is 6.42 Å². The van der Waals surface area contributed by atoms with E-state index < -0.39 is 32.7 Å². The zero-order valence-corrected chi connectivity index (χ0v) is 14.6.